The Morgan fingerprint density at radius 2 is 1.20 bits per heavy atom. The van der Waals surface area contributed by atoms with Crippen LogP contribution in [0.1, 0.15) is 12.8 Å². The lowest BCUT2D eigenvalue weighted by Gasteiger charge is -2.43. The quantitative estimate of drug-likeness (QED) is 0.184. The molecule has 0 saturated carbocycles. The third-order valence-corrected chi connectivity index (χ3v) is 21.0. The SMILES string of the molecule is C=C[Si](O[Si](C)(C)CCCOCCO)(O[Si](C)(C)O[Si](C)(C)CCCOCCO)c1ccccc1. The molecule has 0 aliphatic rings. The topological polar surface area (TPSA) is 86.6 Å². The van der Waals surface area contributed by atoms with Gasteiger partial charge in [-0.05, 0) is 75.1 Å². The number of hydrogen-bond acceptors (Lipinski definition) is 7. The van der Waals surface area contributed by atoms with Crippen LogP contribution in [0.5, 0.6) is 0 Å². The Morgan fingerprint density at radius 3 is 1.66 bits per heavy atom. The average molecular weight is 561 g/mol. The molecular formula is C24H48O7Si4. The van der Waals surface area contributed by atoms with E-state index in [1.807, 2.05) is 23.9 Å². The van der Waals surface area contributed by atoms with Gasteiger partial charge in [-0.3, -0.25) is 0 Å². The lowest BCUT2D eigenvalue weighted by atomic mass is 10.4. The van der Waals surface area contributed by atoms with Crippen molar-refractivity contribution in [3.05, 3.63) is 42.6 Å². The van der Waals surface area contributed by atoms with Crippen molar-refractivity contribution in [1.82, 2.24) is 0 Å². The monoisotopic (exact) mass is 560 g/mol. The summed E-state index contributed by atoms with van der Waals surface area (Å²) >= 11 is 0. The smallest absolute Gasteiger partial charge is 0.379 e. The van der Waals surface area contributed by atoms with Crippen LogP contribution >= 0.6 is 0 Å². The van der Waals surface area contributed by atoms with Gasteiger partial charge in [-0.1, -0.05) is 30.3 Å². The molecule has 11 heteroatoms. The van der Waals surface area contributed by atoms with E-state index in [2.05, 4.69) is 58.0 Å². The summed E-state index contributed by atoms with van der Waals surface area (Å²) in [5.74, 6) is 0. The molecule has 35 heavy (non-hydrogen) atoms. The third-order valence-electron chi connectivity index (χ3n) is 5.40. The molecule has 0 bridgehead atoms. The molecule has 0 aliphatic carbocycles. The largest absolute Gasteiger partial charge is 0.436 e. The van der Waals surface area contributed by atoms with Gasteiger partial charge < -0.3 is 32.0 Å². The van der Waals surface area contributed by atoms with Gasteiger partial charge in [0.25, 0.3) is 0 Å². The van der Waals surface area contributed by atoms with E-state index in [0.29, 0.717) is 26.4 Å². The summed E-state index contributed by atoms with van der Waals surface area (Å²) in [6, 6.07) is 12.1. The van der Waals surface area contributed by atoms with Crippen molar-refractivity contribution >= 4 is 38.9 Å². The lowest BCUT2D eigenvalue weighted by Crippen LogP contribution is -2.64. The predicted octanol–water partition coefficient (Wildman–Crippen LogP) is 4.02. The van der Waals surface area contributed by atoms with Gasteiger partial charge in [0.05, 0.1) is 26.4 Å². The van der Waals surface area contributed by atoms with Gasteiger partial charge in [0.15, 0.2) is 16.6 Å². The van der Waals surface area contributed by atoms with Crippen LogP contribution in [0.3, 0.4) is 0 Å². The van der Waals surface area contributed by atoms with E-state index in [0.717, 1.165) is 30.1 Å². The van der Waals surface area contributed by atoms with Crippen LogP contribution in [0.25, 0.3) is 0 Å². The molecule has 0 radical (unpaired) electrons. The first-order valence-electron chi connectivity index (χ1n) is 12.6. The van der Waals surface area contributed by atoms with Crippen molar-refractivity contribution in [2.24, 2.45) is 0 Å². The molecule has 2 N–H and O–H groups in total. The highest BCUT2D eigenvalue weighted by Crippen LogP contribution is 2.28. The first kappa shape index (κ1) is 32.6. The second-order valence-electron chi connectivity index (χ2n) is 10.3. The summed E-state index contributed by atoms with van der Waals surface area (Å²) in [6.45, 7) is 19.4. The molecule has 1 aromatic carbocycles. The fourth-order valence-electron chi connectivity index (χ4n) is 4.11. The Kier molecular flexibility index (Phi) is 14.6. The number of aliphatic hydroxyl groups excluding tert-OH is 2. The van der Waals surface area contributed by atoms with Crippen LogP contribution in [-0.4, -0.2) is 83.6 Å². The second kappa shape index (κ2) is 15.7. The predicted molar refractivity (Wildman–Crippen MR) is 152 cm³/mol. The fraction of sp³-hybridized carbons (Fsp3) is 0.667. The van der Waals surface area contributed by atoms with Crippen LogP contribution < -0.4 is 5.19 Å². The molecule has 0 fully saturated rings. The van der Waals surface area contributed by atoms with Crippen molar-refractivity contribution < 1.29 is 32.0 Å². The fourth-order valence-corrected chi connectivity index (χ4v) is 22.0. The van der Waals surface area contributed by atoms with Gasteiger partial charge in [-0.2, -0.15) is 0 Å². The van der Waals surface area contributed by atoms with Crippen molar-refractivity contribution in [2.45, 2.75) is 64.2 Å². The second-order valence-corrected chi connectivity index (χ2v) is 26.0. The standard InChI is InChI=1S/C24H48O7Si4/c1-8-35(24-14-10-9-11-15-24,30-33(4,5)23-13-19-28-21-17-26)31-34(6,7)29-32(2,3)22-12-18-27-20-16-25/h8-11,14-15,25-26H,1,12-13,16-23H2,2-7H3. The molecule has 1 rings (SSSR count). The van der Waals surface area contributed by atoms with Gasteiger partial charge >= 0.3 is 17.1 Å². The van der Waals surface area contributed by atoms with E-state index in [9.17, 15) is 0 Å². The lowest BCUT2D eigenvalue weighted by molar-refractivity contribution is 0.0923. The summed E-state index contributed by atoms with van der Waals surface area (Å²) < 4.78 is 31.6. The van der Waals surface area contributed by atoms with Crippen LogP contribution in [0.4, 0.5) is 0 Å². The Bertz CT molecular complexity index is 719. The van der Waals surface area contributed by atoms with Crippen molar-refractivity contribution in [1.29, 1.82) is 0 Å². The zero-order chi connectivity index (χ0) is 26.4. The van der Waals surface area contributed by atoms with Gasteiger partial charge in [-0.15, -0.1) is 6.58 Å². The number of benzene rings is 1. The molecule has 0 aliphatic heterocycles. The zero-order valence-corrected chi connectivity index (χ0v) is 26.7. The summed E-state index contributed by atoms with van der Waals surface area (Å²) in [5.41, 5.74) is 1.91. The first-order chi connectivity index (χ1) is 16.4. The van der Waals surface area contributed by atoms with Crippen LogP contribution in [0.2, 0.25) is 51.4 Å². The van der Waals surface area contributed by atoms with E-state index >= 15 is 0 Å². The maximum absolute atomic E-state index is 8.92. The highest BCUT2D eigenvalue weighted by Gasteiger charge is 2.48. The van der Waals surface area contributed by atoms with Gasteiger partial charge in [-0.25, -0.2) is 0 Å². The van der Waals surface area contributed by atoms with E-state index in [-0.39, 0.29) is 13.2 Å². The minimum absolute atomic E-state index is 0.0424. The van der Waals surface area contributed by atoms with Crippen molar-refractivity contribution in [2.75, 3.05) is 39.6 Å². The van der Waals surface area contributed by atoms with Gasteiger partial charge in [0.2, 0.25) is 0 Å². The molecule has 0 heterocycles. The summed E-state index contributed by atoms with van der Waals surface area (Å²) in [4.78, 5) is 0. The zero-order valence-electron chi connectivity index (χ0n) is 22.7. The number of aliphatic hydroxyl groups is 2. The molecule has 0 aromatic heterocycles. The normalized spacial score (nSPS) is 14.6. The van der Waals surface area contributed by atoms with E-state index in [4.69, 9.17) is 32.0 Å². The molecule has 0 spiro atoms. The number of ether oxygens (including phenoxy) is 2. The van der Waals surface area contributed by atoms with E-state index in [1.54, 1.807) is 0 Å². The maximum Gasteiger partial charge on any atom is 0.379 e. The molecule has 0 amide bonds. The Morgan fingerprint density at radius 1 is 0.714 bits per heavy atom. The summed E-state index contributed by atoms with van der Waals surface area (Å²) in [7, 11) is -9.71. The van der Waals surface area contributed by atoms with Gasteiger partial charge in [0.1, 0.15) is 0 Å². The van der Waals surface area contributed by atoms with E-state index in [1.165, 1.54) is 0 Å². The molecule has 1 unspecified atom stereocenters. The third kappa shape index (κ3) is 13.1. The van der Waals surface area contributed by atoms with Crippen LogP contribution in [0, 0.1) is 0 Å². The minimum atomic E-state index is -2.99. The first-order valence-corrected chi connectivity index (χ1v) is 23.5. The molecule has 1 atom stereocenters. The van der Waals surface area contributed by atoms with E-state index < -0.39 is 33.8 Å². The maximum atomic E-state index is 8.92. The van der Waals surface area contributed by atoms with Crippen molar-refractivity contribution in [3.63, 3.8) is 0 Å². The Labute approximate surface area is 217 Å². The highest BCUT2D eigenvalue weighted by atomic mass is 28.5. The Hall–Kier alpha value is -0.452. The van der Waals surface area contributed by atoms with Crippen LogP contribution in [-0.2, 0) is 21.8 Å². The van der Waals surface area contributed by atoms with Crippen molar-refractivity contribution in [3.8, 4) is 0 Å². The number of rotatable bonds is 20. The average Bonchev–Trinajstić information content (AvgIpc) is 2.77. The Balaban J connectivity index is 3.00. The molecule has 1 aromatic rings. The molecular weight excluding hydrogens is 513 g/mol. The summed E-state index contributed by atoms with van der Waals surface area (Å²) in [5, 5.41) is 18.9. The molecule has 202 valence electrons. The van der Waals surface area contributed by atoms with Crippen LogP contribution in [0.15, 0.2) is 42.6 Å². The molecule has 7 nitrogen and oxygen atoms in total. The summed E-state index contributed by atoms with van der Waals surface area (Å²) in [6.07, 6.45) is 1.78. The number of hydrogen-bond donors (Lipinski definition) is 2. The highest BCUT2D eigenvalue weighted by molar-refractivity contribution is 6.98. The molecule has 0 saturated heterocycles. The van der Waals surface area contributed by atoms with Gasteiger partial charge in [0, 0.05) is 13.2 Å². The minimum Gasteiger partial charge on any atom is -0.436 e.